The van der Waals surface area contributed by atoms with Crippen LogP contribution in [-0.4, -0.2) is 73.0 Å². The quantitative estimate of drug-likeness (QED) is 0.359. The van der Waals surface area contributed by atoms with E-state index < -0.39 is 47.9 Å². The van der Waals surface area contributed by atoms with Gasteiger partial charge >= 0.3 is 17.9 Å². The number of esters is 3. The third-order valence-corrected chi connectivity index (χ3v) is 5.49. The van der Waals surface area contributed by atoms with E-state index in [9.17, 15) is 23.6 Å². The number of nitrogens with zero attached hydrogens (tertiary/aromatic N) is 1. The first kappa shape index (κ1) is 28.8. The molecule has 0 saturated carbocycles. The van der Waals surface area contributed by atoms with Crippen LogP contribution in [-0.2, 0) is 33.4 Å². The number of nitrogens with one attached hydrogen (secondary N) is 1. The molecule has 1 amide bonds. The molecule has 1 N–H and O–H groups in total. The largest absolute Gasteiger partial charge is 0.469 e. The zero-order valence-corrected chi connectivity index (χ0v) is 20.8. The molecule has 0 aromatic rings. The van der Waals surface area contributed by atoms with E-state index in [1.165, 1.54) is 14.0 Å². The topological polar surface area (TPSA) is 111 Å². The van der Waals surface area contributed by atoms with Crippen molar-refractivity contribution in [2.45, 2.75) is 91.3 Å². The average Bonchev–Trinajstić information content (AvgIpc) is 3.08. The lowest BCUT2D eigenvalue weighted by Crippen LogP contribution is -2.51. The van der Waals surface area contributed by atoms with Crippen LogP contribution in [0.4, 0.5) is 4.39 Å². The van der Waals surface area contributed by atoms with Gasteiger partial charge in [0.2, 0.25) is 12.3 Å². The predicted molar refractivity (Wildman–Crippen MR) is 119 cm³/mol. The van der Waals surface area contributed by atoms with Crippen molar-refractivity contribution in [1.82, 2.24) is 10.2 Å². The second-order valence-corrected chi connectivity index (χ2v) is 9.40. The highest BCUT2D eigenvalue weighted by Crippen LogP contribution is 2.35. The van der Waals surface area contributed by atoms with Crippen molar-refractivity contribution in [1.29, 1.82) is 0 Å². The van der Waals surface area contributed by atoms with E-state index in [0.29, 0.717) is 19.4 Å². The summed E-state index contributed by atoms with van der Waals surface area (Å²) in [6, 6.07) is -2.14. The van der Waals surface area contributed by atoms with Crippen LogP contribution in [0.1, 0.15) is 67.2 Å². The normalized spacial score (nSPS) is 22.8. The van der Waals surface area contributed by atoms with Gasteiger partial charge in [-0.15, -0.1) is 0 Å². The molecule has 1 aliphatic rings. The number of halogens is 1. The smallest absolute Gasteiger partial charge is 0.326 e. The summed E-state index contributed by atoms with van der Waals surface area (Å²) in [6.07, 6.45) is -0.716. The molecule has 5 atom stereocenters. The Bertz CT molecular complexity index is 695. The Balaban J connectivity index is 3.33. The Hall–Kier alpha value is -2.23. The molecule has 9 nitrogen and oxygen atoms in total. The average molecular weight is 475 g/mol. The fraction of sp³-hybridized carbons (Fsp3) is 0.826. The van der Waals surface area contributed by atoms with Crippen LogP contribution < -0.4 is 5.32 Å². The molecular formula is C23H39FN2O7. The number of hydrogen-bond acceptors (Lipinski definition) is 8. The van der Waals surface area contributed by atoms with E-state index in [1.807, 2.05) is 6.92 Å². The Morgan fingerprint density at radius 3 is 2.24 bits per heavy atom. The predicted octanol–water partition coefficient (Wildman–Crippen LogP) is 2.36. The molecule has 10 heteroatoms. The number of hydrogen-bond donors (Lipinski definition) is 1. The minimum atomic E-state index is -1.82. The molecule has 0 aliphatic carbocycles. The second-order valence-electron chi connectivity index (χ2n) is 9.40. The summed E-state index contributed by atoms with van der Waals surface area (Å²) in [6.45, 7) is 10.7. The van der Waals surface area contributed by atoms with Gasteiger partial charge in [-0.2, -0.15) is 0 Å². The minimum Gasteiger partial charge on any atom is -0.469 e. The number of amides is 1. The van der Waals surface area contributed by atoms with Crippen molar-refractivity contribution >= 4 is 23.8 Å². The van der Waals surface area contributed by atoms with Gasteiger partial charge in [-0.3, -0.25) is 24.1 Å². The molecule has 1 saturated heterocycles. The number of ether oxygens (including phenoxy) is 3. The Morgan fingerprint density at radius 2 is 1.76 bits per heavy atom. The second kappa shape index (κ2) is 12.9. The fourth-order valence-electron chi connectivity index (χ4n) is 3.85. The summed E-state index contributed by atoms with van der Waals surface area (Å²) in [4.78, 5) is 51.6. The first-order valence-corrected chi connectivity index (χ1v) is 11.5. The molecule has 0 aromatic heterocycles. The third-order valence-electron chi connectivity index (χ3n) is 5.49. The SMILES string of the molecule is CCCC(F)OC(=O)[C@H]1[C@H](C(=O)OC)C[C@H](C(=O)OC(C)(C)C)N1CC(CC)CNC(C)=O. The number of likely N-dealkylation sites (tertiary alicyclic amines) is 1. The number of rotatable bonds is 11. The van der Waals surface area contributed by atoms with E-state index in [1.54, 1.807) is 32.6 Å². The van der Waals surface area contributed by atoms with Crippen molar-refractivity contribution < 1.29 is 37.8 Å². The van der Waals surface area contributed by atoms with Gasteiger partial charge in [-0.25, -0.2) is 4.39 Å². The number of alkyl halides is 1. The molecule has 0 aromatic carbocycles. The summed E-state index contributed by atoms with van der Waals surface area (Å²) in [7, 11) is 1.19. The molecule has 33 heavy (non-hydrogen) atoms. The summed E-state index contributed by atoms with van der Waals surface area (Å²) in [5, 5.41) is 2.74. The maximum Gasteiger partial charge on any atom is 0.326 e. The number of carbonyl (C=O) groups excluding carboxylic acids is 4. The first-order valence-electron chi connectivity index (χ1n) is 11.5. The summed E-state index contributed by atoms with van der Waals surface area (Å²) < 4.78 is 29.6. The zero-order valence-electron chi connectivity index (χ0n) is 20.8. The van der Waals surface area contributed by atoms with E-state index in [4.69, 9.17) is 14.2 Å². The van der Waals surface area contributed by atoms with Crippen LogP contribution in [0.25, 0.3) is 0 Å². The van der Waals surface area contributed by atoms with Gasteiger partial charge in [0, 0.05) is 26.4 Å². The van der Waals surface area contributed by atoms with E-state index in [0.717, 1.165) is 0 Å². The van der Waals surface area contributed by atoms with Gasteiger partial charge in [-0.1, -0.05) is 20.3 Å². The van der Waals surface area contributed by atoms with Crippen molar-refractivity contribution in [3.05, 3.63) is 0 Å². The molecule has 1 aliphatic heterocycles. The number of methoxy groups -OCH3 is 1. The van der Waals surface area contributed by atoms with Gasteiger partial charge in [0.15, 0.2) is 0 Å². The highest BCUT2D eigenvalue weighted by atomic mass is 19.1. The monoisotopic (exact) mass is 474 g/mol. The lowest BCUT2D eigenvalue weighted by Gasteiger charge is -2.33. The zero-order chi connectivity index (χ0) is 25.3. The summed E-state index contributed by atoms with van der Waals surface area (Å²) in [5.41, 5.74) is -0.784. The third kappa shape index (κ3) is 8.91. The van der Waals surface area contributed by atoms with Crippen molar-refractivity contribution in [3.63, 3.8) is 0 Å². The minimum absolute atomic E-state index is 0.0248. The van der Waals surface area contributed by atoms with Crippen LogP contribution in [0.15, 0.2) is 0 Å². The maximum absolute atomic E-state index is 14.1. The molecule has 0 radical (unpaired) electrons. The van der Waals surface area contributed by atoms with Crippen LogP contribution in [0.2, 0.25) is 0 Å². The molecule has 1 fully saturated rings. The van der Waals surface area contributed by atoms with Crippen LogP contribution in [0.5, 0.6) is 0 Å². The Kier molecular flexibility index (Phi) is 11.2. The van der Waals surface area contributed by atoms with Crippen molar-refractivity contribution in [3.8, 4) is 0 Å². The van der Waals surface area contributed by atoms with E-state index in [-0.39, 0.29) is 31.2 Å². The van der Waals surface area contributed by atoms with Crippen molar-refractivity contribution in [2.75, 3.05) is 20.2 Å². The van der Waals surface area contributed by atoms with Gasteiger partial charge in [0.1, 0.15) is 17.7 Å². The van der Waals surface area contributed by atoms with Gasteiger partial charge in [0.25, 0.3) is 0 Å². The van der Waals surface area contributed by atoms with Crippen molar-refractivity contribution in [2.24, 2.45) is 11.8 Å². The summed E-state index contributed by atoms with van der Waals surface area (Å²) >= 11 is 0. The Labute approximate surface area is 195 Å². The highest BCUT2D eigenvalue weighted by molar-refractivity contribution is 5.88. The molecule has 0 spiro atoms. The molecule has 0 bridgehead atoms. The van der Waals surface area contributed by atoms with Gasteiger partial charge in [-0.05, 0) is 39.5 Å². The summed E-state index contributed by atoms with van der Waals surface area (Å²) in [5.74, 6) is -3.57. The Morgan fingerprint density at radius 1 is 1.12 bits per heavy atom. The van der Waals surface area contributed by atoms with Crippen LogP contribution >= 0.6 is 0 Å². The molecular weight excluding hydrogens is 435 g/mol. The fourth-order valence-corrected chi connectivity index (χ4v) is 3.85. The highest BCUT2D eigenvalue weighted by Gasteiger charge is 2.53. The van der Waals surface area contributed by atoms with E-state index >= 15 is 0 Å². The standard InChI is InChI=1S/C23H39FN2O7/c1-8-10-18(24)32-22(30)19-16(20(28)31-7)11-17(21(29)33-23(4,5)6)26(19)13-15(9-2)12-25-14(3)27/h15-19H,8-13H2,1-7H3,(H,25,27)/t15?,16-,17-,18?,19-/m1/s1. The lowest BCUT2D eigenvalue weighted by molar-refractivity contribution is -0.171. The molecule has 2 unspecified atom stereocenters. The molecule has 190 valence electrons. The lowest BCUT2D eigenvalue weighted by atomic mass is 9.98. The van der Waals surface area contributed by atoms with E-state index in [2.05, 4.69) is 5.32 Å². The molecule has 1 heterocycles. The van der Waals surface area contributed by atoms with Gasteiger partial charge < -0.3 is 19.5 Å². The maximum atomic E-state index is 14.1. The van der Waals surface area contributed by atoms with Crippen LogP contribution in [0, 0.1) is 11.8 Å². The van der Waals surface area contributed by atoms with Gasteiger partial charge in [0.05, 0.1) is 13.0 Å². The van der Waals surface area contributed by atoms with Crippen LogP contribution in [0.3, 0.4) is 0 Å². The first-order chi connectivity index (χ1) is 15.3. The number of carbonyl (C=O) groups is 4. The molecule has 1 rings (SSSR count).